The predicted molar refractivity (Wildman–Crippen MR) is 193 cm³/mol. The maximum absolute atomic E-state index is 15.2. The lowest BCUT2D eigenvalue weighted by Gasteiger charge is -2.40. The quantitative estimate of drug-likeness (QED) is 0.233. The normalized spacial score (nSPS) is 26.1. The number of hydrogen-bond acceptors (Lipinski definition) is 6. The Bertz CT molecular complexity index is 1570. The summed E-state index contributed by atoms with van der Waals surface area (Å²) in [5.74, 6) is -1.74. The third-order valence-corrected chi connectivity index (χ3v) is 10.7. The highest BCUT2D eigenvalue weighted by Gasteiger charge is 2.79. The number of fused-ring (bicyclic) bond motifs is 1. The fourth-order valence-corrected chi connectivity index (χ4v) is 8.63. The molecule has 6 atom stereocenters. The van der Waals surface area contributed by atoms with E-state index in [2.05, 4.69) is 13.2 Å². The van der Waals surface area contributed by atoms with Crippen molar-refractivity contribution in [3.05, 3.63) is 78.9 Å². The van der Waals surface area contributed by atoms with Crippen molar-refractivity contribution in [1.82, 2.24) is 4.90 Å². The summed E-state index contributed by atoms with van der Waals surface area (Å²) in [5, 5.41) is 10.8. The Morgan fingerprint density at radius 3 is 2.31 bits per heavy atom. The number of carbonyl (C=O) groups excluding carboxylic acids is 3. The molecule has 1 spiro atoms. The molecule has 0 radical (unpaired) electrons. The summed E-state index contributed by atoms with van der Waals surface area (Å²) in [6, 6.07) is 11.6. The fourth-order valence-electron chi connectivity index (χ4n) is 8.63. The molecule has 3 aliphatic heterocycles. The number of hydrogen-bond donors (Lipinski definition) is 1. The number of anilines is 2. The summed E-state index contributed by atoms with van der Waals surface area (Å²) in [6.45, 7) is 20.4. The van der Waals surface area contributed by atoms with Gasteiger partial charge in [-0.1, -0.05) is 45.1 Å². The van der Waals surface area contributed by atoms with Gasteiger partial charge in [-0.2, -0.15) is 0 Å². The summed E-state index contributed by atoms with van der Waals surface area (Å²) in [7, 11) is 0. The van der Waals surface area contributed by atoms with Gasteiger partial charge < -0.3 is 29.3 Å². The van der Waals surface area contributed by atoms with Crippen molar-refractivity contribution in [2.45, 2.75) is 90.5 Å². The first kappa shape index (κ1) is 36.3. The second kappa shape index (κ2) is 14.5. The molecule has 9 heteroatoms. The van der Waals surface area contributed by atoms with Crippen molar-refractivity contribution in [3.63, 3.8) is 0 Å². The molecule has 0 aliphatic carbocycles. The first-order chi connectivity index (χ1) is 23.4. The number of amides is 3. The minimum absolute atomic E-state index is 0.140. The van der Waals surface area contributed by atoms with Crippen molar-refractivity contribution in [3.8, 4) is 5.75 Å². The van der Waals surface area contributed by atoms with Crippen LogP contribution in [0.25, 0.3) is 0 Å². The molecule has 9 nitrogen and oxygen atoms in total. The highest BCUT2D eigenvalue weighted by atomic mass is 16.5. The van der Waals surface area contributed by atoms with Crippen molar-refractivity contribution < 1.29 is 29.0 Å². The monoisotopic (exact) mass is 671 g/mol. The van der Waals surface area contributed by atoms with Crippen LogP contribution in [0.1, 0.15) is 64.5 Å². The van der Waals surface area contributed by atoms with E-state index in [1.807, 2.05) is 84.0 Å². The Labute approximate surface area is 291 Å². The Hall–Kier alpha value is -3.95. The largest absolute Gasteiger partial charge is 0.494 e. The van der Waals surface area contributed by atoms with Crippen LogP contribution in [0.4, 0.5) is 11.4 Å². The topological polar surface area (TPSA) is 99.6 Å². The maximum Gasteiger partial charge on any atom is 0.253 e. The highest BCUT2D eigenvalue weighted by Crippen LogP contribution is 2.65. The lowest BCUT2D eigenvalue weighted by molar-refractivity contribution is -0.149. The average Bonchev–Trinajstić information content (AvgIpc) is 3.69. The molecular formula is C40H53N3O6. The van der Waals surface area contributed by atoms with Crippen LogP contribution in [0.3, 0.4) is 0 Å². The van der Waals surface area contributed by atoms with E-state index in [0.717, 1.165) is 16.8 Å². The van der Waals surface area contributed by atoms with Crippen LogP contribution in [0, 0.1) is 31.6 Å². The van der Waals surface area contributed by atoms with Crippen LogP contribution in [-0.2, 0) is 19.1 Å². The number of ether oxygens (including phenoxy) is 2. The first-order valence-electron chi connectivity index (χ1n) is 17.7. The van der Waals surface area contributed by atoms with E-state index in [1.54, 1.807) is 26.9 Å². The number of carbonyl (C=O) groups is 3. The summed E-state index contributed by atoms with van der Waals surface area (Å²) in [6.07, 6.45) is 5.34. The zero-order valence-electron chi connectivity index (χ0n) is 30.0. The second-order valence-electron chi connectivity index (χ2n) is 14.2. The molecule has 2 aromatic carbocycles. The van der Waals surface area contributed by atoms with Gasteiger partial charge in [0.25, 0.3) is 5.91 Å². The standard InChI is InChI=1S/C40H53N3O6/c1-9-21-41(29-15-17-31(18-16-29)48-12-4)36(45)33-34-37(46)43(30(25-44)23-26(5)6)35(40(34)20-19-39(33,11-3)49-40)38(47)42(22-10-2)32-24-27(7)13-14-28(32)8/h9-10,13-18,24,26,30,33-35,44H,1-2,11-12,19-23,25H2,3-8H3/t30-,33+,34+,35?,39-,40?/m1/s1. The van der Waals surface area contributed by atoms with Crippen LogP contribution in [0.5, 0.6) is 5.75 Å². The van der Waals surface area contributed by atoms with Crippen LogP contribution < -0.4 is 14.5 Å². The Morgan fingerprint density at radius 1 is 1.04 bits per heavy atom. The zero-order chi connectivity index (χ0) is 35.7. The molecule has 1 N–H and O–H groups in total. The van der Waals surface area contributed by atoms with Gasteiger partial charge in [0.05, 0.1) is 36.7 Å². The van der Waals surface area contributed by atoms with E-state index < -0.39 is 35.1 Å². The van der Waals surface area contributed by atoms with Crippen molar-refractivity contribution >= 4 is 29.1 Å². The number of likely N-dealkylation sites (tertiary alicyclic amines) is 1. The minimum atomic E-state index is -1.25. The molecule has 2 unspecified atom stereocenters. The zero-order valence-corrected chi connectivity index (χ0v) is 30.0. The van der Waals surface area contributed by atoms with Gasteiger partial charge in [0.15, 0.2) is 0 Å². The van der Waals surface area contributed by atoms with Gasteiger partial charge in [-0.25, -0.2) is 0 Å². The predicted octanol–water partition coefficient (Wildman–Crippen LogP) is 6.00. The number of benzene rings is 2. The molecule has 264 valence electrons. The van der Waals surface area contributed by atoms with Crippen LogP contribution in [0.2, 0.25) is 0 Å². The van der Waals surface area contributed by atoms with Crippen molar-refractivity contribution in [1.29, 1.82) is 0 Å². The lowest BCUT2D eigenvalue weighted by Crippen LogP contribution is -2.59. The molecule has 2 bridgehead atoms. The molecule has 3 amide bonds. The van der Waals surface area contributed by atoms with Crippen molar-refractivity contribution in [2.75, 3.05) is 36.1 Å². The first-order valence-corrected chi connectivity index (χ1v) is 17.7. The SMILES string of the molecule is C=CCN(C(=O)[C@@H]1[C@H]2C(=O)N([C@@H](CO)CC(C)C)C(C(=O)N(CC=C)c3cc(C)ccc3C)C23CC[C@@]1(CC)O3)c1ccc(OCC)cc1. The summed E-state index contributed by atoms with van der Waals surface area (Å²) in [4.78, 5) is 50.2. The van der Waals surface area contributed by atoms with E-state index in [1.165, 1.54) is 0 Å². The fraction of sp³-hybridized carbons (Fsp3) is 0.525. The number of aryl methyl sites for hydroxylation is 2. The number of aliphatic hydroxyl groups is 1. The molecule has 49 heavy (non-hydrogen) atoms. The van der Waals surface area contributed by atoms with E-state index in [0.29, 0.717) is 43.7 Å². The number of nitrogens with zero attached hydrogens (tertiary/aromatic N) is 3. The lowest BCUT2D eigenvalue weighted by atomic mass is 9.64. The van der Waals surface area contributed by atoms with Gasteiger partial charge in [-0.3, -0.25) is 14.4 Å². The smallest absolute Gasteiger partial charge is 0.253 e. The number of rotatable bonds is 15. The summed E-state index contributed by atoms with van der Waals surface area (Å²) < 4.78 is 12.7. The molecule has 3 fully saturated rings. The molecule has 2 aromatic rings. The van der Waals surface area contributed by atoms with E-state index in [-0.39, 0.29) is 43.3 Å². The summed E-state index contributed by atoms with van der Waals surface area (Å²) >= 11 is 0. The van der Waals surface area contributed by atoms with Gasteiger partial charge in [0, 0.05) is 24.5 Å². The molecule has 0 aromatic heterocycles. The van der Waals surface area contributed by atoms with Gasteiger partial charge in [-0.05, 0) is 93.8 Å². The number of aliphatic hydroxyl groups excluding tert-OH is 1. The maximum atomic E-state index is 15.2. The van der Waals surface area contributed by atoms with Crippen LogP contribution in [0.15, 0.2) is 67.8 Å². The molecule has 3 heterocycles. The van der Waals surface area contributed by atoms with Gasteiger partial charge in [-0.15, -0.1) is 13.2 Å². The van der Waals surface area contributed by atoms with Crippen LogP contribution >= 0.6 is 0 Å². The molecule has 3 aliphatic rings. The third-order valence-electron chi connectivity index (χ3n) is 10.7. The van der Waals surface area contributed by atoms with Gasteiger partial charge in [0.1, 0.15) is 17.4 Å². The highest BCUT2D eigenvalue weighted by molar-refractivity contribution is 6.07. The molecule has 5 rings (SSSR count). The van der Waals surface area contributed by atoms with Crippen molar-refractivity contribution in [2.24, 2.45) is 17.8 Å². The van der Waals surface area contributed by atoms with Gasteiger partial charge >= 0.3 is 0 Å². The average molecular weight is 672 g/mol. The van der Waals surface area contributed by atoms with E-state index in [9.17, 15) is 9.90 Å². The second-order valence-corrected chi connectivity index (χ2v) is 14.2. The minimum Gasteiger partial charge on any atom is -0.494 e. The Balaban J connectivity index is 1.65. The molecule has 3 saturated heterocycles. The molecular weight excluding hydrogens is 618 g/mol. The Morgan fingerprint density at radius 2 is 1.71 bits per heavy atom. The third kappa shape index (κ3) is 6.20. The molecule has 0 saturated carbocycles. The van der Waals surface area contributed by atoms with E-state index in [4.69, 9.17) is 9.47 Å². The van der Waals surface area contributed by atoms with Gasteiger partial charge in [0.2, 0.25) is 11.8 Å². The van der Waals surface area contributed by atoms with E-state index >= 15 is 9.59 Å². The summed E-state index contributed by atoms with van der Waals surface area (Å²) in [5.41, 5.74) is 1.13. The Kier molecular flexibility index (Phi) is 10.7. The van der Waals surface area contributed by atoms with Crippen LogP contribution in [-0.4, -0.2) is 77.3 Å².